The first-order valence-electron chi connectivity index (χ1n) is 6.86. The van der Waals surface area contributed by atoms with Crippen LogP contribution < -0.4 is 5.32 Å². The average molecular weight is 320 g/mol. The van der Waals surface area contributed by atoms with Crippen molar-refractivity contribution in [3.63, 3.8) is 0 Å². The van der Waals surface area contributed by atoms with Crippen molar-refractivity contribution in [3.05, 3.63) is 64.9 Å². The Morgan fingerprint density at radius 3 is 2.91 bits per heavy atom. The van der Waals surface area contributed by atoms with Crippen molar-refractivity contribution in [3.8, 4) is 16.6 Å². The maximum Gasteiger partial charge on any atom is 0.267 e. The number of nitriles is 1. The number of hydrogen-bond donors (Lipinski definition) is 1. The first-order chi connectivity index (χ1) is 11.2. The number of thiazole rings is 1. The van der Waals surface area contributed by atoms with Gasteiger partial charge in [0.25, 0.3) is 5.91 Å². The van der Waals surface area contributed by atoms with Crippen molar-refractivity contribution >= 4 is 22.9 Å². The minimum Gasteiger partial charge on any atom is -0.321 e. The molecule has 6 heteroatoms. The summed E-state index contributed by atoms with van der Waals surface area (Å²) in [7, 11) is 0. The molecule has 0 spiro atoms. The van der Waals surface area contributed by atoms with Gasteiger partial charge in [0.2, 0.25) is 0 Å². The summed E-state index contributed by atoms with van der Waals surface area (Å²) in [5.74, 6) is -0.231. The fourth-order valence-electron chi connectivity index (χ4n) is 2.07. The molecular formula is C17H12N4OS. The first-order valence-corrected chi connectivity index (χ1v) is 7.68. The van der Waals surface area contributed by atoms with Gasteiger partial charge in [-0.05, 0) is 37.3 Å². The van der Waals surface area contributed by atoms with Gasteiger partial charge >= 0.3 is 0 Å². The fourth-order valence-corrected chi connectivity index (χ4v) is 3.03. The third-order valence-electron chi connectivity index (χ3n) is 3.16. The van der Waals surface area contributed by atoms with Crippen molar-refractivity contribution < 1.29 is 4.79 Å². The lowest BCUT2D eigenvalue weighted by molar-refractivity contribution is 0.103. The third-order valence-corrected chi connectivity index (χ3v) is 4.37. The number of aryl methyl sites for hydroxylation is 1. The zero-order valence-electron chi connectivity index (χ0n) is 12.3. The van der Waals surface area contributed by atoms with Gasteiger partial charge < -0.3 is 5.32 Å². The number of anilines is 1. The van der Waals surface area contributed by atoms with Gasteiger partial charge in [-0.25, -0.2) is 4.98 Å². The van der Waals surface area contributed by atoms with E-state index in [4.69, 9.17) is 5.26 Å². The topological polar surface area (TPSA) is 78.7 Å². The molecule has 0 radical (unpaired) electrons. The molecule has 0 unspecified atom stereocenters. The molecule has 1 aromatic carbocycles. The lowest BCUT2D eigenvalue weighted by Gasteiger charge is -2.03. The van der Waals surface area contributed by atoms with E-state index in [2.05, 4.69) is 15.3 Å². The lowest BCUT2D eigenvalue weighted by Crippen LogP contribution is -2.11. The van der Waals surface area contributed by atoms with Crippen LogP contribution in [0.25, 0.3) is 10.6 Å². The highest BCUT2D eigenvalue weighted by Crippen LogP contribution is 2.28. The van der Waals surface area contributed by atoms with Crippen LogP contribution in [0.15, 0.2) is 48.8 Å². The second-order valence-electron chi connectivity index (χ2n) is 4.82. The monoisotopic (exact) mass is 320 g/mol. The Hall–Kier alpha value is -3.04. The fraction of sp³-hybridized carbons (Fsp3) is 0.0588. The molecule has 0 bridgehead atoms. The van der Waals surface area contributed by atoms with Crippen LogP contribution in [0.3, 0.4) is 0 Å². The quantitative estimate of drug-likeness (QED) is 0.799. The van der Waals surface area contributed by atoms with E-state index in [0.29, 0.717) is 21.8 Å². The van der Waals surface area contributed by atoms with Gasteiger partial charge in [0.1, 0.15) is 9.88 Å². The van der Waals surface area contributed by atoms with E-state index in [-0.39, 0.29) is 5.91 Å². The molecule has 112 valence electrons. The minimum absolute atomic E-state index is 0.231. The molecule has 0 aliphatic carbocycles. The van der Waals surface area contributed by atoms with Gasteiger partial charge in [-0.15, -0.1) is 11.3 Å². The molecule has 0 atom stereocenters. The molecule has 5 nitrogen and oxygen atoms in total. The Morgan fingerprint density at radius 1 is 1.30 bits per heavy atom. The number of amides is 1. The number of pyridine rings is 1. The Kier molecular flexibility index (Phi) is 4.13. The lowest BCUT2D eigenvalue weighted by atomic mass is 10.2. The number of hydrogen-bond acceptors (Lipinski definition) is 5. The molecule has 2 aromatic heterocycles. The maximum absolute atomic E-state index is 12.4. The molecule has 3 aromatic rings. The predicted molar refractivity (Wildman–Crippen MR) is 89.2 cm³/mol. The summed E-state index contributed by atoms with van der Waals surface area (Å²) in [6.45, 7) is 1.80. The number of benzene rings is 1. The van der Waals surface area contributed by atoms with Crippen molar-refractivity contribution in [2.45, 2.75) is 6.92 Å². The van der Waals surface area contributed by atoms with Crippen LogP contribution in [0.2, 0.25) is 0 Å². The smallest absolute Gasteiger partial charge is 0.267 e. The standard InChI is InChI=1S/C17H12N4OS/c1-11-15(23-17(20-11)13-5-3-7-19-10-13)16(22)21-14-6-2-4-12(8-14)9-18/h2-8,10H,1H3,(H,21,22). The van der Waals surface area contributed by atoms with Crippen LogP contribution in [0.1, 0.15) is 20.9 Å². The summed E-state index contributed by atoms with van der Waals surface area (Å²) in [5, 5.41) is 12.5. The molecule has 2 heterocycles. The normalized spacial score (nSPS) is 10.1. The van der Waals surface area contributed by atoms with Crippen LogP contribution in [0.4, 0.5) is 5.69 Å². The molecule has 1 N–H and O–H groups in total. The van der Waals surface area contributed by atoms with E-state index in [1.807, 2.05) is 18.2 Å². The van der Waals surface area contributed by atoms with Gasteiger partial charge in [0, 0.05) is 23.6 Å². The van der Waals surface area contributed by atoms with E-state index < -0.39 is 0 Å². The van der Waals surface area contributed by atoms with Crippen LogP contribution >= 0.6 is 11.3 Å². The van der Waals surface area contributed by atoms with E-state index in [1.165, 1.54) is 11.3 Å². The second kappa shape index (κ2) is 6.38. The largest absolute Gasteiger partial charge is 0.321 e. The van der Waals surface area contributed by atoms with Crippen molar-refractivity contribution in [1.82, 2.24) is 9.97 Å². The molecule has 0 aliphatic heterocycles. The summed E-state index contributed by atoms with van der Waals surface area (Å²) in [4.78, 5) is 21.5. The SMILES string of the molecule is Cc1nc(-c2cccnc2)sc1C(=O)Nc1cccc(C#N)c1. The highest BCUT2D eigenvalue weighted by Gasteiger charge is 2.16. The van der Waals surface area contributed by atoms with Crippen molar-refractivity contribution in [1.29, 1.82) is 5.26 Å². The number of nitrogens with one attached hydrogen (secondary N) is 1. The van der Waals surface area contributed by atoms with E-state index in [0.717, 1.165) is 10.6 Å². The summed E-state index contributed by atoms with van der Waals surface area (Å²) in [5.41, 5.74) is 2.64. The third kappa shape index (κ3) is 3.25. The first kappa shape index (κ1) is 14.9. The number of aromatic nitrogens is 2. The Bertz CT molecular complexity index is 896. The number of rotatable bonds is 3. The Morgan fingerprint density at radius 2 is 2.17 bits per heavy atom. The van der Waals surface area contributed by atoms with Gasteiger partial charge in [0.05, 0.1) is 17.3 Å². The second-order valence-corrected chi connectivity index (χ2v) is 5.82. The molecular weight excluding hydrogens is 308 g/mol. The van der Waals surface area contributed by atoms with Crippen LogP contribution in [-0.4, -0.2) is 15.9 Å². The molecule has 0 fully saturated rings. The van der Waals surface area contributed by atoms with E-state index in [1.54, 1.807) is 43.6 Å². The minimum atomic E-state index is -0.231. The molecule has 3 rings (SSSR count). The predicted octanol–water partition coefficient (Wildman–Crippen LogP) is 3.64. The highest BCUT2D eigenvalue weighted by atomic mass is 32.1. The van der Waals surface area contributed by atoms with Crippen molar-refractivity contribution in [2.24, 2.45) is 0 Å². The van der Waals surface area contributed by atoms with Gasteiger partial charge in [0.15, 0.2) is 0 Å². The average Bonchev–Trinajstić information content (AvgIpc) is 2.98. The zero-order valence-corrected chi connectivity index (χ0v) is 13.1. The molecule has 1 amide bonds. The number of nitrogens with zero attached hydrogens (tertiary/aromatic N) is 3. The zero-order chi connectivity index (χ0) is 16.2. The van der Waals surface area contributed by atoms with Crippen LogP contribution in [0, 0.1) is 18.3 Å². The number of carbonyl (C=O) groups excluding carboxylic acids is 1. The van der Waals surface area contributed by atoms with E-state index >= 15 is 0 Å². The van der Waals surface area contributed by atoms with Crippen LogP contribution in [0.5, 0.6) is 0 Å². The highest BCUT2D eigenvalue weighted by molar-refractivity contribution is 7.17. The summed E-state index contributed by atoms with van der Waals surface area (Å²) < 4.78 is 0. The number of carbonyl (C=O) groups is 1. The molecule has 23 heavy (non-hydrogen) atoms. The molecule has 0 saturated heterocycles. The summed E-state index contributed by atoms with van der Waals surface area (Å²) in [6.07, 6.45) is 3.41. The molecule has 0 saturated carbocycles. The Labute approximate surface area is 137 Å². The summed E-state index contributed by atoms with van der Waals surface area (Å²) >= 11 is 1.32. The van der Waals surface area contributed by atoms with Gasteiger partial charge in [-0.1, -0.05) is 6.07 Å². The van der Waals surface area contributed by atoms with Gasteiger partial charge in [-0.3, -0.25) is 9.78 Å². The summed E-state index contributed by atoms with van der Waals surface area (Å²) in [6, 6.07) is 12.6. The van der Waals surface area contributed by atoms with Crippen LogP contribution in [-0.2, 0) is 0 Å². The van der Waals surface area contributed by atoms with E-state index in [9.17, 15) is 4.79 Å². The van der Waals surface area contributed by atoms with Gasteiger partial charge in [-0.2, -0.15) is 5.26 Å². The Balaban J connectivity index is 1.85. The molecule has 0 aliphatic rings. The van der Waals surface area contributed by atoms with Crippen molar-refractivity contribution in [2.75, 3.05) is 5.32 Å². The maximum atomic E-state index is 12.4.